The molecule has 0 saturated heterocycles. The van der Waals surface area contributed by atoms with E-state index < -0.39 is 0 Å². The molecule has 0 spiro atoms. The van der Waals surface area contributed by atoms with Gasteiger partial charge in [-0.05, 0) is 36.5 Å². The average molecular weight is 372 g/mol. The minimum absolute atomic E-state index is 0.0643. The van der Waals surface area contributed by atoms with Gasteiger partial charge in [-0.25, -0.2) is 4.98 Å². The first-order valence-corrected chi connectivity index (χ1v) is 8.82. The number of halogens is 1. The van der Waals surface area contributed by atoms with Gasteiger partial charge in [0.25, 0.3) is 5.56 Å². The Bertz CT molecular complexity index is 1020. The van der Waals surface area contributed by atoms with Gasteiger partial charge in [0.2, 0.25) is 5.91 Å². The molecule has 2 heterocycles. The molecule has 8 heteroatoms. The van der Waals surface area contributed by atoms with Crippen LogP contribution in [-0.4, -0.2) is 25.2 Å². The fourth-order valence-corrected chi connectivity index (χ4v) is 3.25. The third-order valence-corrected chi connectivity index (χ3v) is 4.92. The van der Waals surface area contributed by atoms with E-state index in [0.717, 1.165) is 18.4 Å². The van der Waals surface area contributed by atoms with Crippen molar-refractivity contribution in [2.75, 3.05) is 0 Å². The molecule has 1 unspecified atom stereocenters. The van der Waals surface area contributed by atoms with Crippen LogP contribution in [-0.2, 0) is 18.4 Å². The van der Waals surface area contributed by atoms with Gasteiger partial charge < -0.3 is 5.32 Å². The third kappa shape index (κ3) is 3.22. The molecule has 0 bridgehead atoms. The summed E-state index contributed by atoms with van der Waals surface area (Å²) in [4.78, 5) is 29.3. The highest BCUT2D eigenvalue weighted by Crippen LogP contribution is 2.41. The van der Waals surface area contributed by atoms with Crippen molar-refractivity contribution in [3.8, 4) is 0 Å². The highest BCUT2D eigenvalue weighted by atomic mass is 35.5. The van der Waals surface area contributed by atoms with Gasteiger partial charge in [-0.3, -0.25) is 18.8 Å². The molecule has 0 aliphatic heterocycles. The number of amides is 1. The standard InChI is InChI=1S/C18H18ClN5O2/c1-23-17-14(8-21-23)18(26)24(10-20-17)9-15(25)22-16(11-2-3-11)12-4-6-13(19)7-5-12/h4-8,10-11,16H,2-3,9H2,1H3,(H,22,25). The van der Waals surface area contributed by atoms with Gasteiger partial charge in [-0.15, -0.1) is 0 Å². The molecule has 1 amide bonds. The summed E-state index contributed by atoms with van der Waals surface area (Å²) in [5.74, 6) is 0.208. The maximum Gasteiger partial charge on any atom is 0.264 e. The summed E-state index contributed by atoms with van der Waals surface area (Å²) in [6.07, 6.45) is 5.02. The molecular formula is C18H18ClN5O2. The van der Waals surface area contributed by atoms with E-state index in [0.29, 0.717) is 22.0 Å². The summed E-state index contributed by atoms with van der Waals surface area (Å²) in [7, 11) is 1.72. The average Bonchev–Trinajstić information content (AvgIpc) is 3.39. The van der Waals surface area contributed by atoms with Gasteiger partial charge in [0.05, 0.1) is 12.2 Å². The van der Waals surface area contributed by atoms with Crippen molar-refractivity contribution in [2.45, 2.75) is 25.4 Å². The Kier molecular flexibility index (Phi) is 4.24. The predicted molar refractivity (Wildman–Crippen MR) is 97.8 cm³/mol. The number of fused-ring (bicyclic) bond motifs is 1. The van der Waals surface area contributed by atoms with Crippen molar-refractivity contribution in [1.29, 1.82) is 0 Å². The number of carbonyl (C=O) groups excluding carboxylic acids is 1. The van der Waals surface area contributed by atoms with Crippen LogP contribution in [0.2, 0.25) is 5.02 Å². The largest absolute Gasteiger partial charge is 0.347 e. The molecule has 7 nitrogen and oxygen atoms in total. The Hall–Kier alpha value is -2.67. The minimum atomic E-state index is -0.271. The van der Waals surface area contributed by atoms with Crippen LogP contribution in [0.15, 0.2) is 41.6 Å². The lowest BCUT2D eigenvalue weighted by Crippen LogP contribution is -2.35. The van der Waals surface area contributed by atoms with E-state index >= 15 is 0 Å². The number of hydrogen-bond acceptors (Lipinski definition) is 4. The Morgan fingerprint density at radius 2 is 2.08 bits per heavy atom. The van der Waals surface area contributed by atoms with Crippen molar-refractivity contribution in [2.24, 2.45) is 13.0 Å². The minimum Gasteiger partial charge on any atom is -0.347 e. The zero-order valence-corrected chi connectivity index (χ0v) is 15.0. The van der Waals surface area contributed by atoms with Crippen LogP contribution < -0.4 is 10.9 Å². The summed E-state index contributed by atoms with van der Waals surface area (Å²) in [6.45, 7) is -0.0759. The normalized spacial score (nSPS) is 15.2. The lowest BCUT2D eigenvalue weighted by molar-refractivity contribution is -0.122. The van der Waals surface area contributed by atoms with Crippen LogP contribution in [0.5, 0.6) is 0 Å². The molecule has 2 aromatic heterocycles. The number of nitrogens with zero attached hydrogens (tertiary/aromatic N) is 4. The van der Waals surface area contributed by atoms with Crippen LogP contribution in [0.25, 0.3) is 11.0 Å². The number of aryl methyl sites for hydroxylation is 1. The Balaban J connectivity index is 1.53. The second-order valence-electron chi connectivity index (χ2n) is 6.62. The van der Waals surface area contributed by atoms with Gasteiger partial charge in [0.15, 0.2) is 5.65 Å². The van der Waals surface area contributed by atoms with E-state index in [9.17, 15) is 9.59 Å². The number of nitrogens with one attached hydrogen (secondary N) is 1. The van der Waals surface area contributed by atoms with Crippen molar-refractivity contribution in [1.82, 2.24) is 24.6 Å². The number of carbonyl (C=O) groups is 1. The SMILES string of the molecule is Cn1ncc2c(=O)n(CC(=O)NC(c3ccc(Cl)cc3)C3CC3)cnc21. The zero-order chi connectivity index (χ0) is 18.3. The van der Waals surface area contributed by atoms with Crippen LogP contribution in [0, 0.1) is 5.92 Å². The third-order valence-electron chi connectivity index (χ3n) is 4.67. The second kappa shape index (κ2) is 6.57. The number of rotatable bonds is 5. The van der Waals surface area contributed by atoms with Gasteiger partial charge in [0.1, 0.15) is 18.3 Å². The van der Waals surface area contributed by atoms with Crippen molar-refractivity contribution in [3.05, 3.63) is 57.7 Å². The first-order chi connectivity index (χ1) is 12.5. The maximum absolute atomic E-state index is 12.5. The highest BCUT2D eigenvalue weighted by Gasteiger charge is 2.33. The summed E-state index contributed by atoms with van der Waals surface area (Å²) < 4.78 is 2.84. The Morgan fingerprint density at radius 3 is 2.77 bits per heavy atom. The lowest BCUT2D eigenvalue weighted by atomic mass is 10.0. The number of aromatic nitrogens is 4. The molecule has 26 heavy (non-hydrogen) atoms. The van der Waals surface area contributed by atoms with Crippen molar-refractivity contribution in [3.63, 3.8) is 0 Å². The molecule has 3 aromatic rings. The summed E-state index contributed by atoms with van der Waals surface area (Å²) in [5, 5.41) is 8.15. The highest BCUT2D eigenvalue weighted by molar-refractivity contribution is 6.30. The molecular weight excluding hydrogens is 354 g/mol. The van der Waals surface area contributed by atoms with Crippen LogP contribution in [0.4, 0.5) is 0 Å². The molecule has 1 aromatic carbocycles. The monoisotopic (exact) mass is 371 g/mol. The Morgan fingerprint density at radius 1 is 1.35 bits per heavy atom. The summed E-state index contributed by atoms with van der Waals surface area (Å²) in [5.41, 5.74) is 1.26. The van der Waals surface area contributed by atoms with Crippen molar-refractivity contribution >= 4 is 28.5 Å². The van der Waals surface area contributed by atoms with Crippen LogP contribution in [0.1, 0.15) is 24.4 Å². The van der Waals surface area contributed by atoms with E-state index in [1.807, 2.05) is 24.3 Å². The molecule has 1 atom stereocenters. The van der Waals surface area contributed by atoms with Gasteiger partial charge in [0, 0.05) is 12.1 Å². The van der Waals surface area contributed by atoms with E-state index in [1.54, 1.807) is 7.05 Å². The second-order valence-corrected chi connectivity index (χ2v) is 7.05. The molecule has 1 N–H and O–H groups in total. The molecule has 1 saturated carbocycles. The van der Waals surface area contributed by atoms with Gasteiger partial charge >= 0.3 is 0 Å². The molecule has 0 radical (unpaired) electrons. The quantitative estimate of drug-likeness (QED) is 0.744. The van der Waals surface area contributed by atoms with Crippen molar-refractivity contribution < 1.29 is 4.79 Å². The molecule has 4 rings (SSSR count). The van der Waals surface area contributed by atoms with E-state index in [1.165, 1.54) is 21.8 Å². The number of hydrogen-bond donors (Lipinski definition) is 1. The lowest BCUT2D eigenvalue weighted by Gasteiger charge is -2.19. The molecule has 134 valence electrons. The number of benzene rings is 1. The molecule has 1 fully saturated rings. The summed E-state index contributed by atoms with van der Waals surface area (Å²) in [6, 6.07) is 7.44. The first kappa shape index (κ1) is 16.8. The van der Waals surface area contributed by atoms with E-state index in [4.69, 9.17) is 11.6 Å². The zero-order valence-electron chi connectivity index (χ0n) is 14.2. The van der Waals surface area contributed by atoms with E-state index in [2.05, 4.69) is 15.4 Å². The maximum atomic E-state index is 12.5. The Labute approximate surface area is 154 Å². The molecule has 1 aliphatic carbocycles. The molecule has 1 aliphatic rings. The summed E-state index contributed by atoms with van der Waals surface area (Å²) >= 11 is 5.95. The van der Waals surface area contributed by atoms with Gasteiger partial charge in [-0.2, -0.15) is 5.10 Å². The fourth-order valence-electron chi connectivity index (χ4n) is 3.13. The topological polar surface area (TPSA) is 81.8 Å². The fraction of sp³-hybridized carbons (Fsp3) is 0.333. The smallest absolute Gasteiger partial charge is 0.264 e. The first-order valence-electron chi connectivity index (χ1n) is 8.45. The predicted octanol–water partition coefficient (Wildman–Crippen LogP) is 2.05. The van der Waals surface area contributed by atoms with Gasteiger partial charge in [-0.1, -0.05) is 23.7 Å². The van der Waals surface area contributed by atoms with Crippen LogP contribution in [0.3, 0.4) is 0 Å². The van der Waals surface area contributed by atoms with E-state index in [-0.39, 0.29) is 24.1 Å². The van der Waals surface area contributed by atoms with Crippen LogP contribution >= 0.6 is 11.6 Å².